The van der Waals surface area contributed by atoms with Gasteiger partial charge in [-0.1, -0.05) is 55.8 Å². The normalized spacial score (nSPS) is 24.8. The Labute approximate surface area is 143 Å². The molecule has 1 aliphatic heterocycles. The van der Waals surface area contributed by atoms with Crippen LogP contribution in [0.15, 0.2) is 48.5 Å². The minimum Gasteiger partial charge on any atom is -0.508 e. The summed E-state index contributed by atoms with van der Waals surface area (Å²) in [4.78, 5) is 0. The van der Waals surface area contributed by atoms with Crippen molar-refractivity contribution in [2.24, 2.45) is 11.8 Å². The van der Waals surface area contributed by atoms with E-state index in [-0.39, 0.29) is 6.10 Å². The first kappa shape index (κ1) is 16.4. The van der Waals surface area contributed by atoms with E-state index in [0.29, 0.717) is 30.1 Å². The van der Waals surface area contributed by atoms with Crippen molar-refractivity contribution in [3.8, 4) is 5.75 Å². The predicted octanol–water partition coefficient (Wildman–Crippen LogP) is 5.56. The topological polar surface area (TPSA) is 29.5 Å². The maximum Gasteiger partial charge on any atom is 0.115 e. The number of hydrogen-bond acceptors (Lipinski definition) is 2. The van der Waals surface area contributed by atoms with Gasteiger partial charge >= 0.3 is 0 Å². The monoisotopic (exact) mass is 330 g/mol. The lowest BCUT2D eigenvalue weighted by molar-refractivity contribution is -0.0552. The first-order chi connectivity index (χ1) is 11.1. The average molecular weight is 331 g/mol. The molecule has 0 saturated carbocycles. The summed E-state index contributed by atoms with van der Waals surface area (Å²) in [6.07, 6.45) is 1.14. The van der Waals surface area contributed by atoms with Crippen molar-refractivity contribution in [2.75, 3.05) is 6.61 Å². The highest BCUT2D eigenvalue weighted by Crippen LogP contribution is 2.44. The molecule has 23 heavy (non-hydrogen) atoms. The predicted molar refractivity (Wildman–Crippen MR) is 93.9 cm³/mol. The Morgan fingerprint density at radius 2 is 1.78 bits per heavy atom. The maximum absolute atomic E-state index is 9.50. The Bertz CT molecular complexity index is 651. The van der Waals surface area contributed by atoms with E-state index in [4.69, 9.17) is 16.3 Å². The number of halogens is 1. The molecule has 122 valence electrons. The van der Waals surface area contributed by atoms with Crippen LogP contribution in [-0.4, -0.2) is 11.7 Å². The van der Waals surface area contributed by atoms with Crippen molar-refractivity contribution in [3.63, 3.8) is 0 Å². The molecule has 2 aromatic carbocycles. The molecule has 0 aromatic heterocycles. The molecule has 0 aliphatic carbocycles. The lowest BCUT2D eigenvalue weighted by Gasteiger charge is -2.39. The third-order valence-electron chi connectivity index (χ3n) is 4.85. The molecular weight excluding hydrogens is 308 g/mol. The first-order valence-electron chi connectivity index (χ1n) is 8.21. The summed E-state index contributed by atoms with van der Waals surface area (Å²) in [6.45, 7) is 5.17. The van der Waals surface area contributed by atoms with Crippen molar-refractivity contribution in [3.05, 3.63) is 64.7 Å². The second-order valence-corrected chi connectivity index (χ2v) is 7.11. The molecular formula is C20H23ClO2. The zero-order chi connectivity index (χ0) is 16.4. The lowest BCUT2D eigenvalue weighted by Crippen LogP contribution is -2.31. The van der Waals surface area contributed by atoms with E-state index in [0.717, 1.165) is 17.0 Å². The Morgan fingerprint density at radius 1 is 1.09 bits per heavy atom. The molecule has 1 fully saturated rings. The van der Waals surface area contributed by atoms with Gasteiger partial charge in [-0.2, -0.15) is 0 Å². The van der Waals surface area contributed by atoms with Gasteiger partial charge in [0.15, 0.2) is 0 Å². The fourth-order valence-corrected chi connectivity index (χ4v) is 3.81. The summed E-state index contributed by atoms with van der Waals surface area (Å²) in [5.74, 6) is 1.57. The zero-order valence-corrected chi connectivity index (χ0v) is 14.3. The second kappa shape index (κ2) is 6.94. The molecule has 1 heterocycles. The van der Waals surface area contributed by atoms with Crippen LogP contribution in [0.3, 0.4) is 0 Å². The molecule has 2 nitrogen and oxygen atoms in total. The van der Waals surface area contributed by atoms with Gasteiger partial charge in [0.05, 0.1) is 12.7 Å². The van der Waals surface area contributed by atoms with Gasteiger partial charge < -0.3 is 9.84 Å². The van der Waals surface area contributed by atoms with Crippen LogP contribution in [0.25, 0.3) is 0 Å². The fraction of sp³-hybridized carbons (Fsp3) is 0.400. The Hall–Kier alpha value is -1.51. The van der Waals surface area contributed by atoms with Crippen molar-refractivity contribution >= 4 is 11.6 Å². The van der Waals surface area contributed by atoms with Crippen LogP contribution in [0.2, 0.25) is 5.02 Å². The van der Waals surface area contributed by atoms with Gasteiger partial charge in [-0.15, -0.1) is 0 Å². The van der Waals surface area contributed by atoms with Gasteiger partial charge in [-0.25, -0.2) is 0 Å². The van der Waals surface area contributed by atoms with Crippen molar-refractivity contribution < 1.29 is 9.84 Å². The molecule has 0 radical (unpaired) electrons. The number of phenols is 1. The van der Waals surface area contributed by atoms with Gasteiger partial charge in [0, 0.05) is 10.9 Å². The molecule has 3 heteroatoms. The first-order valence-corrected chi connectivity index (χ1v) is 8.59. The molecule has 0 amide bonds. The van der Waals surface area contributed by atoms with Gasteiger partial charge in [-0.05, 0) is 47.6 Å². The van der Waals surface area contributed by atoms with Crippen LogP contribution in [0.1, 0.15) is 43.4 Å². The van der Waals surface area contributed by atoms with Crippen molar-refractivity contribution in [1.29, 1.82) is 0 Å². The highest BCUT2D eigenvalue weighted by atomic mass is 35.5. The summed E-state index contributed by atoms with van der Waals surface area (Å²) >= 11 is 6.37. The molecule has 2 aromatic rings. The maximum atomic E-state index is 9.50. The zero-order valence-electron chi connectivity index (χ0n) is 13.6. The van der Waals surface area contributed by atoms with Crippen LogP contribution in [0, 0.1) is 11.8 Å². The number of phenolic OH excluding ortho intramolecular Hbond substituents is 1. The molecule has 0 bridgehead atoms. The lowest BCUT2D eigenvalue weighted by atomic mass is 9.76. The second-order valence-electron chi connectivity index (χ2n) is 6.71. The van der Waals surface area contributed by atoms with Crippen LogP contribution in [0.5, 0.6) is 5.75 Å². The smallest absolute Gasteiger partial charge is 0.115 e. The van der Waals surface area contributed by atoms with Crippen LogP contribution < -0.4 is 0 Å². The molecule has 0 unspecified atom stereocenters. The van der Waals surface area contributed by atoms with E-state index in [1.807, 2.05) is 30.3 Å². The van der Waals surface area contributed by atoms with Crippen LogP contribution >= 0.6 is 11.6 Å². The summed E-state index contributed by atoms with van der Waals surface area (Å²) in [6, 6.07) is 15.5. The van der Waals surface area contributed by atoms with E-state index in [1.165, 1.54) is 5.56 Å². The standard InChI is InChI=1S/C20H23ClO2/c1-13(2)18-11-15(17-5-3-4-6-19(17)21)12-23-20(18)14-7-9-16(22)10-8-14/h3-10,13,15,18,20,22H,11-12H2,1-2H3/t15-,18-,20-/m0/s1. The number of aromatic hydroxyl groups is 1. The van der Waals surface area contributed by atoms with Gasteiger partial charge in [0.25, 0.3) is 0 Å². The molecule has 1 aliphatic rings. The highest BCUT2D eigenvalue weighted by molar-refractivity contribution is 6.31. The van der Waals surface area contributed by atoms with Crippen LogP contribution in [0.4, 0.5) is 0 Å². The summed E-state index contributed by atoms with van der Waals surface area (Å²) in [5, 5.41) is 10.3. The number of rotatable bonds is 3. The molecule has 1 N–H and O–H groups in total. The molecule has 0 spiro atoms. The number of ether oxygens (including phenoxy) is 1. The van der Waals surface area contributed by atoms with E-state index in [1.54, 1.807) is 12.1 Å². The van der Waals surface area contributed by atoms with E-state index < -0.39 is 0 Å². The highest BCUT2D eigenvalue weighted by Gasteiger charge is 2.35. The van der Waals surface area contributed by atoms with Gasteiger partial charge in [-0.3, -0.25) is 0 Å². The third kappa shape index (κ3) is 3.54. The minimum absolute atomic E-state index is 0.0781. The quantitative estimate of drug-likeness (QED) is 0.798. The third-order valence-corrected chi connectivity index (χ3v) is 5.19. The SMILES string of the molecule is CC(C)[C@@H]1C[C@H](c2ccccc2Cl)CO[C@H]1c1ccc(O)cc1. The van der Waals surface area contributed by atoms with E-state index >= 15 is 0 Å². The Morgan fingerprint density at radius 3 is 2.43 bits per heavy atom. The molecule has 3 rings (SSSR count). The van der Waals surface area contributed by atoms with Gasteiger partial charge in [0.1, 0.15) is 5.75 Å². The van der Waals surface area contributed by atoms with Crippen LogP contribution in [-0.2, 0) is 4.74 Å². The summed E-state index contributed by atoms with van der Waals surface area (Å²) in [7, 11) is 0. The number of benzene rings is 2. The van der Waals surface area contributed by atoms with Crippen molar-refractivity contribution in [2.45, 2.75) is 32.3 Å². The molecule has 3 atom stereocenters. The Kier molecular flexibility index (Phi) is 4.93. The summed E-state index contributed by atoms with van der Waals surface area (Å²) in [5.41, 5.74) is 2.32. The minimum atomic E-state index is 0.0781. The summed E-state index contributed by atoms with van der Waals surface area (Å²) < 4.78 is 6.26. The number of hydrogen-bond donors (Lipinski definition) is 1. The largest absolute Gasteiger partial charge is 0.508 e. The average Bonchev–Trinajstić information content (AvgIpc) is 2.55. The fourth-order valence-electron chi connectivity index (χ4n) is 3.52. The van der Waals surface area contributed by atoms with Gasteiger partial charge in [0.2, 0.25) is 0 Å². The van der Waals surface area contributed by atoms with E-state index in [2.05, 4.69) is 19.9 Å². The molecule has 1 saturated heterocycles. The Balaban J connectivity index is 1.84. The van der Waals surface area contributed by atoms with Crippen molar-refractivity contribution in [1.82, 2.24) is 0 Å². The van der Waals surface area contributed by atoms with E-state index in [9.17, 15) is 5.11 Å².